The van der Waals surface area contributed by atoms with Crippen LogP contribution in [0.2, 0.25) is 0 Å². The van der Waals surface area contributed by atoms with E-state index in [2.05, 4.69) is 15.5 Å². The van der Waals surface area contributed by atoms with Gasteiger partial charge in [-0.3, -0.25) is 4.40 Å². The van der Waals surface area contributed by atoms with E-state index in [0.717, 1.165) is 17.1 Å². The van der Waals surface area contributed by atoms with Gasteiger partial charge in [-0.2, -0.15) is 5.26 Å². The normalized spacial score (nSPS) is 15.1. The molecule has 2 heterocycles. The Hall–Kier alpha value is -1.34. The molecule has 0 saturated heterocycles. The van der Waals surface area contributed by atoms with Crippen molar-refractivity contribution in [3.63, 3.8) is 0 Å². The number of hydrogen-bond donors (Lipinski definition) is 0. The van der Waals surface area contributed by atoms with Crippen molar-refractivity contribution in [1.29, 1.82) is 5.26 Å². The van der Waals surface area contributed by atoms with Gasteiger partial charge >= 0.3 is 0 Å². The third-order valence-electron chi connectivity index (χ3n) is 2.94. The van der Waals surface area contributed by atoms with Gasteiger partial charge in [0.25, 0.3) is 0 Å². The number of aryl methyl sites for hydroxylation is 2. The van der Waals surface area contributed by atoms with Crippen LogP contribution in [-0.2, 0) is 19.3 Å². The number of rotatable bonds is 1. The Morgan fingerprint density at radius 3 is 3.20 bits per heavy atom. The lowest BCUT2D eigenvalue weighted by atomic mass is 10.0. The van der Waals surface area contributed by atoms with Crippen LogP contribution in [0, 0.1) is 11.3 Å². The molecule has 1 aliphatic carbocycles. The molecule has 0 aliphatic heterocycles. The molecule has 3 rings (SSSR count). The van der Waals surface area contributed by atoms with Crippen molar-refractivity contribution in [2.24, 2.45) is 0 Å². The maximum absolute atomic E-state index is 8.75. The monoisotopic (exact) mass is 217 g/mol. The largest absolute Gasteiger partial charge is 0.290 e. The van der Waals surface area contributed by atoms with E-state index >= 15 is 0 Å². The number of aromatic nitrogens is 2. The molecule has 0 aromatic carbocycles. The number of nitrogens with zero attached hydrogens (tertiary/aromatic N) is 3. The Kier molecular flexibility index (Phi) is 2.00. The lowest BCUT2D eigenvalue weighted by Gasteiger charge is -2.10. The summed E-state index contributed by atoms with van der Waals surface area (Å²) in [5.41, 5.74) is 2.45. The van der Waals surface area contributed by atoms with Crippen molar-refractivity contribution in [2.45, 2.75) is 32.1 Å². The standard InChI is InChI=1S/C11H11N3S/c12-6-5-8-7-13-11-14(8)9-3-1-2-4-10(9)15-11/h7H,1-5H2. The Labute approximate surface area is 92.0 Å². The molecule has 0 saturated carbocycles. The van der Waals surface area contributed by atoms with Crippen molar-refractivity contribution in [1.82, 2.24) is 9.38 Å². The van der Waals surface area contributed by atoms with Gasteiger partial charge in [-0.15, -0.1) is 11.3 Å². The van der Waals surface area contributed by atoms with E-state index in [1.165, 1.54) is 29.8 Å². The summed E-state index contributed by atoms with van der Waals surface area (Å²) in [5.74, 6) is 0. The molecular weight excluding hydrogens is 206 g/mol. The highest BCUT2D eigenvalue weighted by Crippen LogP contribution is 2.30. The summed E-state index contributed by atoms with van der Waals surface area (Å²) in [6, 6.07) is 2.20. The van der Waals surface area contributed by atoms with Crippen molar-refractivity contribution < 1.29 is 0 Å². The van der Waals surface area contributed by atoms with E-state index in [1.54, 1.807) is 11.3 Å². The van der Waals surface area contributed by atoms with Crippen molar-refractivity contribution in [2.75, 3.05) is 0 Å². The molecule has 15 heavy (non-hydrogen) atoms. The molecule has 0 atom stereocenters. The zero-order valence-electron chi connectivity index (χ0n) is 8.36. The molecule has 0 amide bonds. The third kappa shape index (κ3) is 1.27. The van der Waals surface area contributed by atoms with Crippen LogP contribution < -0.4 is 0 Å². The minimum atomic E-state index is 0.463. The van der Waals surface area contributed by atoms with E-state index in [4.69, 9.17) is 5.26 Å². The van der Waals surface area contributed by atoms with Gasteiger partial charge in [0.15, 0.2) is 4.96 Å². The van der Waals surface area contributed by atoms with Gasteiger partial charge < -0.3 is 0 Å². The number of fused-ring (bicyclic) bond motifs is 3. The average molecular weight is 217 g/mol. The number of imidazole rings is 1. The second kappa shape index (κ2) is 3.35. The predicted octanol–water partition coefficient (Wildman–Crippen LogP) is 2.34. The average Bonchev–Trinajstić information content (AvgIpc) is 2.78. The molecule has 0 unspecified atom stereocenters. The maximum atomic E-state index is 8.75. The van der Waals surface area contributed by atoms with E-state index in [-0.39, 0.29) is 0 Å². The molecule has 0 spiro atoms. The first kappa shape index (κ1) is 8.93. The smallest absolute Gasteiger partial charge is 0.194 e. The fraction of sp³-hybridized carbons (Fsp3) is 0.455. The molecular formula is C11H11N3S. The van der Waals surface area contributed by atoms with Crippen LogP contribution in [-0.4, -0.2) is 9.38 Å². The molecule has 0 radical (unpaired) electrons. The van der Waals surface area contributed by atoms with Crippen LogP contribution in [0.25, 0.3) is 4.96 Å². The van der Waals surface area contributed by atoms with E-state index < -0.39 is 0 Å². The highest BCUT2D eigenvalue weighted by atomic mass is 32.1. The van der Waals surface area contributed by atoms with Crippen LogP contribution in [0.15, 0.2) is 6.20 Å². The number of hydrogen-bond acceptors (Lipinski definition) is 3. The van der Waals surface area contributed by atoms with Crippen LogP contribution in [0.4, 0.5) is 0 Å². The summed E-state index contributed by atoms with van der Waals surface area (Å²) in [6.45, 7) is 0. The molecule has 1 aliphatic rings. The molecule has 0 bridgehead atoms. The third-order valence-corrected chi connectivity index (χ3v) is 4.09. The fourth-order valence-corrected chi connectivity index (χ4v) is 3.45. The Morgan fingerprint density at radius 1 is 1.47 bits per heavy atom. The lowest BCUT2D eigenvalue weighted by molar-refractivity contribution is 0.671. The second-order valence-corrected chi connectivity index (χ2v) is 4.94. The zero-order valence-corrected chi connectivity index (χ0v) is 9.18. The van der Waals surface area contributed by atoms with Gasteiger partial charge in [-0.05, 0) is 25.7 Å². The Balaban J connectivity index is 2.23. The number of thiazole rings is 1. The Morgan fingerprint density at radius 2 is 2.33 bits per heavy atom. The maximum Gasteiger partial charge on any atom is 0.194 e. The molecule has 3 nitrogen and oxygen atoms in total. The van der Waals surface area contributed by atoms with Gasteiger partial charge in [0.2, 0.25) is 0 Å². The first-order chi connectivity index (χ1) is 7.40. The molecule has 76 valence electrons. The van der Waals surface area contributed by atoms with Crippen molar-refractivity contribution in [3.05, 3.63) is 22.5 Å². The van der Waals surface area contributed by atoms with Gasteiger partial charge in [0.05, 0.1) is 24.4 Å². The SMILES string of the molecule is N#CCc1cnc2sc3c(n12)CCCC3. The van der Waals surface area contributed by atoms with Gasteiger partial charge in [0.1, 0.15) is 0 Å². The topological polar surface area (TPSA) is 41.1 Å². The summed E-state index contributed by atoms with van der Waals surface area (Å²) in [4.78, 5) is 6.91. The summed E-state index contributed by atoms with van der Waals surface area (Å²) in [7, 11) is 0. The second-order valence-electron chi connectivity index (χ2n) is 3.88. The zero-order chi connectivity index (χ0) is 10.3. The molecule has 0 fully saturated rings. The first-order valence-corrected chi connectivity index (χ1v) is 6.05. The summed E-state index contributed by atoms with van der Waals surface area (Å²) < 4.78 is 2.20. The number of nitriles is 1. The van der Waals surface area contributed by atoms with Gasteiger partial charge in [-0.25, -0.2) is 4.98 Å². The van der Waals surface area contributed by atoms with Crippen LogP contribution in [0.3, 0.4) is 0 Å². The van der Waals surface area contributed by atoms with Crippen molar-refractivity contribution in [3.8, 4) is 6.07 Å². The van der Waals surface area contributed by atoms with Crippen molar-refractivity contribution >= 4 is 16.3 Å². The summed E-state index contributed by atoms with van der Waals surface area (Å²) in [6.07, 6.45) is 7.20. The lowest BCUT2D eigenvalue weighted by Crippen LogP contribution is -2.04. The van der Waals surface area contributed by atoms with Crippen LogP contribution in [0.5, 0.6) is 0 Å². The summed E-state index contributed by atoms with van der Waals surface area (Å²) >= 11 is 1.79. The minimum Gasteiger partial charge on any atom is -0.290 e. The van der Waals surface area contributed by atoms with Gasteiger partial charge in [0, 0.05) is 10.6 Å². The molecule has 2 aromatic rings. The quantitative estimate of drug-likeness (QED) is 0.735. The van der Waals surface area contributed by atoms with E-state index in [9.17, 15) is 0 Å². The first-order valence-electron chi connectivity index (χ1n) is 5.24. The summed E-state index contributed by atoms with van der Waals surface area (Å²) in [5, 5.41) is 8.75. The minimum absolute atomic E-state index is 0.463. The van der Waals surface area contributed by atoms with E-state index in [0.29, 0.717) is 6.42 Å². The molecule has 4 heteroatoms. The van der Waals surface area contributed by atoms with Gasteiger partial charge in [-0.1, -0.05) is 0 Å². The van der Waals surface area contributed by atoms with Crippen LogP contribution in [0.1, 0.15) is 29.1 Å². The van der Waals surface area contributed by atoms with E-state index in [1.807, 2.05) is 6.20 Å². The highest BCUT2D eigenvalue weighted by molar-refractivity contribution is 7.17. The fourth-order valence-electron chi connectivity index (χ4n) is 2.25. The highest BCUT2D eigenvalue weighted by Gasteiger charge is 2.18. The Bertz CT molecular complexity index is 544. The van der Waals surface area contributed by atoms with Crippen LogP contribution >= 0.6 is 11.3 Å². The molecule has 2 aromatic heterocycles. The molecule has 0 N–H and O–H groups in total. The predicted molar refractivity (Wildman–Crippen MR) is 59.0 cm³/mol.